The van der Waals surface area contributed by atoms with Crippen LogP contribution < -0.4 is 10.2 Å². The van der Waals surface area contributed by atoms with Gasteiger partial charge in [-0.05, 0) is 31.2 Å². The number of likely N-dealkylation sites (N-methyl/N-ethyl adjacent to an activating group) is 1. The topological polar surface area (TPSA) is 15.3 Å². The van der Waals surface area contributed by atoms with Crippen LogP contribution in [0.15, 0.2) is 24.3 Å². The lowest BCUT2D eigenvalue weighted by atomic mass is 10.2. The minimum Gasteiger partial charge on any atom is -0.373 e. The first kappa shape index (κ1) is 14.0. The molecule has 1 aromatic carbocycles. The van der Waals surface area contributed by atoms with Gasteiger partial charge in [-0.25, -0.2) is 4.39 Å². The summed E-state index contributed by atoms with van der Waals surface area (Å²) in [6.45, 7) is 5.12. The van der Waals surface area contributed by atoms with Crippen molar-refractivity contribution >= 4 is 5.69 Å². The zero-order valence-electron chi connectivity index (χ0n) is 10.9. The molecular weight excluding hydrogens is 215 g/mol. The Morgan fingerprint density at radius 1 is 1.24 bits per heavy atom. The van der Waals surface area contributed by atoms with Crippen LogP contribution in [0, 0.1) is 5.82 Å². The maximum atomic E-state index is 13.0. The van der Waals surface area contributed by atoms with Gasteiger partial charge in [-0.1, -0.05) is 25.8 Å². The lowest BCUT2D eigenvalue weighted by Gasteiger charge is -2.19. The molecule has 0 saturated carbocycles. The Balaban J connectivity index is 2.19. The number of nitrogens with zero attached hydrogens (tertiary/aromatic N) is 1. The summed E-state index contributed by atoms with van der Waals surface area (Å²) >= 11 is 0. The predicted octanol–water partition coefficient (Wildman–Crippen LogP) is 3.04. The van der Waals surface area contributed by atoms with Gasteiger partial charge >= 0.3 is 0 Å². The molecule has 17 heavy (non-hydrogen) atoms. The molecular formula is C14H23FN2. The number of nitrogens with one attached hydrogen (secondary N) is 1. The van der Waals surface area contributed by atoms with E-state index in [0.717, 1.165) is 25.3 Å². The van der Waals surface area contributed by atoms with Crippen LogP contribution in [0.25, 0.3) is 0 Å². The molecule has 96 valence electrons. The van der Waals surface area contributed by atoms with E-state index in [1.165, 1.54) is 25.3 Å². The van der Waals surface area contributed by atoms with Crippen LogP contribution in [0.4, 0.5) is 10.1 Å². The van der Waals surface area contributed by atoms with E-state index in [1.807, 2.05) is 13.1 Å². The normalized spacial score (nSPS) is 10.5. The molecule has 2 nitrogen and oxygen atoms in total. The fourth-order valence-corrected chi connectivity index (χ4v) is 1.71. The summed E-state index contributed by atoms with van der Waals surface area (Å²) in [7, 11) is 1.99. The van der Waals surface area contributed by atoms with Crippen LogP contribution in [0.2, 0.25) is 0 Å². The summed E-state index contributed by atoms with van der Waals surface area (Å²) in [6, 6.07) is 6.72. The smallest absolute Gasteiger partial charge is 0.125 e. The lowest BCUT2D eigenvalue weighted by molar-refractivity contribution is 0.612. The van der Waals surface area contributed by atoms with Crippen LogP contribution in [-0.2, 0) is 0 Å². The molecule has 0 aliphatic rings. The molecule has 0 saturated heterocycles. The van der Waals surface area contributed by atoms with Crippen LogP contribution in [0.3, 0.4) is 0 Å². The van der Waals surface area contributed by atoms with Gasteiger partial charge in [0.25, 0.3) is 0 Å². The van der Waals surface area contributed by atoms with Gasteiger partial charge in [0, 0.05) is 25.8 Å². The van der Waals surface area contributed by atoms with Gasteiger partial charge in [-0.2, -0.15) is 0 Å². The lowest BCUT2D eigenvalue weighted by Crippen LogP contribution is -2.29. The Hall–Kier alpha value is -1.09. The van der Waals surface area contributed by atoms with Crippen molar-refractivity contribution in [2.45, 2.75) is 26.2 Å². The highest BCUT2D eigenvalue weighted by Crippen LogP contribution is 2.12. The molecule has 3 heteroatoms. The minimum absolute atomic E-state index is 0.176. The number of anilines is 1. The van der Waals surface area contributed by atoms with Crippen molar-refractivity contribution in [1.82, 2.24) is 5.32 Å². The van der Waals surface area contributed by atoms with Crippen LogP contribution >= 0.6 is 0 Å². The van der Waals surface area contributed by atoms with E-state index in [-0.39, 0.29) is 5.82 Å². The summed E-state index contributed by atoms with van der Waals surface area (Å²) in [5.74, 6) is -0.176. The SMILES string of the molecule is CCCCCNCCN(C)c1cccc(F)c1. The first-order valence-electron chi connectivity index (χ1n) is 6.41. The van der Waals surface area contributed by atoms with Gasteiger partial charge in [0.15, 0.2) is 0 Å². The third kappa shape index (κ3) is 5.68. The van der Waals surface area contributed by atoms with E-state index >= 15 is 0 Å². The van der Waals surface area contributed by atoms with E-state index in [1.54, 1.807) is 12.1 Å². The van der Waals surface area contributed by atoms with Crippen molar-refractivity contribution < 1.29 is 4.39 Å². The van der Waals surface area contributed by atoms with Gasteiger partial charge in [-0.15, -0.1) is 0 Å². The largest absolute Gasteiger partial charge is 0.373 e. The number of hydrogen-bond donors (Lipinski definition) is 1. The third-order valence-corrected chi connectivity index (χ3v) is 2.83. The second-order valence-corrected chi connectivity index (χ2v) is 4.36. The van der Waals surface area contributed by atoms with Crippen molar-refractivity contribution in [2.75, 3.05) is 31.6 Å². The monoisotopic (exact) mass is 238 g/mol. The predicted molar refractivity (Wildman–Crippen MR) is 72.1 cm³/mol. The van der Waals surface area contributed by atoms with E-state index < -0.39 is 0 Å². The molecule has 1 aromatic rings. The number of halogens is 1. The number of rotatable bonds is 8. The molecule has 0 aliphatic heterocycles. The summed E-state index contributed by atoms with van der Waals surface area (Å²) in [4.78, 5) is 2.07. The van der Waals surface area contributed by atoms with E-state index in [4.69, 9.17) is 0 Å². The molecule has 1 N–H and O–H groups in total. The van der Waals surface area contributed by atoms with Crippen LogP contribution in [0.5, 0.6) is 0 Å². The first-order valence-corrected chi connectivity index (χ1v) is 6.41. The van der Waals surface area contributed by atoms with Crippen molar-refractivity contribution in [2.24, 2.45) is 0 Å². The maximum Gasteiger partial charge on any atom is 0.125 e. The van der Waals surface area contributed by atoms with Crippen molar-refractivity contribution in [3.05, 3.63) is 30.1 Å². The van der Waals surface area contributed by atoms with Gasteiger partial charge in [-0.3, -0.25) is 0 Å². The maximum absolute atomic E-state index is 13.0. The van der Waals surface area contributed by atoms with E-state index in [2.05, 4.69) is 17.1 Å². The molecule has 1 rings (SSSR count). The molecule has 0 bridgehead atoms. The second kappa shape index (κ2) is 8.07. The van der Waals surface area contributed by atoms with E-state index in [0.29, 0.717) is 0 Å². The molecule has 0 amide bonds. The van der Waals surface area contributed by atoms with Gasteiger partial charge in [0.1, 0.15) is 5.82 Å². The summed E-state index contributed by atoms with van der Waals surface area (Å²) in [5.41, 5.74) is 0.931. The Labute approximate surface area is 104 Å². The average molecular weight is 238 g/mol. The average Bonchev–Trinajstić information content (AvgIpc) is 2.33. The fraction of sp³-hybridized carbons (Fsp3) is 0.571. The highest BCUT2D eigenvalue weighted by molar-refractivity contribution is 5.45. The number of unbranched alkanes of at least 4 members (excludes halogenated alkanes) is 2. The standard InChI is InChI=1S/C14H23FN2/c1-3-4-5-9-16-10-11-17(2)14-8-6-7-13(15)12-14/h6-8,12,16H,3-5,9-11H2,1-2H3. The first-order chi connectivity index (χ1) is 8.24. The zero-order valence-corrected chi connectivity index (χ0v) is 10.9. The van der Waals surface area contributed by atoms with Gasteiger partial charge in [0.2, 0.25) is 0 Å². The van der Waals surface area contributed by atoms with Crippen molar-refractivity contribution in [3.63, 3.8) is 0 Å². The summed E-state index contributed by atoms with van der Waals surface area (Å²) in [6.07, 6.45) is 3.78. The van der Waals surface area contributed by atoms with Crippen LogP contribution in [0.1, 0.15) is 26.2 Å². The van der Waals surface area contributed by atoms with E-state index in [9.17, 15) is 4.39 Å². The molecule has 0 fully saturated rings. The highest BCUT2D eigenvalue weighted by Gasteiger charge is 2.00. The zero-order chi connectivity index (χ0) is 12.5. The molecule has 0 spiro atoms. The Morgan fingerprint density at radius 2 is 2.06 bits per heavy atom. The molecule has 0 aromatic heterocycles. The van der Waals surface area contributed by atoms with Crippen molar-refractivity contribution in [1.29, 1.82) is 0 Å². The van der Waals surface area contributed by atoms with Crippen molar-refractivity contribution in [3.8, 4) is 0 Å². The summed E-state index contributed by atoms with van der Waals surface area (Å²) < 4.78 is 13.0. The molecule has 0 radical (unpaired) electrons. The van der Waals surface area contributed by atoms with Crippen LogP contribution in [-0.4, -0.2) is 26.7 Å². The minimum atomic E-state index is -0.176. The second-order valence-electron chi connectivity index (χ2n) is 4.36. The number of benzene rings is 1. The third-order valence-electron chi connectivity index (χ3n) is 2.83. The Kier molecular flexibility index (Phi) is 6.63. The Bertz CT molecular complexity index is 315. The molecule has 0 atom stereocenters. The number of hydrogen-bond acceptors (Lipinski definition) is 2. The highest BCUT2D eigenvalue weighted by atomic mass is 19.1. The molecule has 0 heterocycles. The summed E-state index contributed by atoms with van der Waals surface area (Å²) in [5, 5.41) is 3.40. The Morgan fingerprint density at radius 3 is 2.76 bits per heavy atom. The van der Waals surface area contributed by atoms with Gasteiger partial charge in [0.05, 0.1) is 0 Å². The van der Waals surface area contributed by atoms with Gasteiger partial charge < -0.3 is 10.2 Å². The molecule has 0 unspecified atom stereocenters. The molecule has 0 aliphatic carbocycles. The quantitative estimate of drug-likeness (QED) is 0.700. The fourth-order valence-electron chi connectivity index (χ4n) is 1.71.